The second-order valence-corrected chi connectivity index (χ2v) is 5.21. The van der Waals surface area contributed by atoms with Gasteiger partial charge in [-0.2, -0.15) is 0 Å². The molecule has 2 rings (SSSR count). The molecule has 0 spiro atoms. The minimum atomic E-state index is 0.0583. The summed E-state index contributed by atoms with van der Waals surface area (Å²) in [4.78, 5) is 11.9. The molecule has 2 unspecified atom stereocenters. The quantitative estimate of drug-likeness (QED) is 0.884. The number of aromatic nitrogens is 1. The average molecular weight is 266 g/mol. The molecule has 0 radical (unpaired) electrons. The highest BCUT2D eigenvalue weighted by atomic mass is 16.5. The molecular formula is C14H22N2O3. The Balaban J connectivity index is 1.78. The van der Waals surface area contributed by atoms with Gasteiger partial charge < -0.3 is 14.6 Å². The molecule has 0 aromatic carbocycles. The van der Waals surface area contributed by atoms with E-state index in [-0.39, 0.29) is 18.1 Å². The van der Waals surface area contributed by atoms with Crippen molar-refractivity contribution >= 4 is 5.91 Å². The molecular weight excluding hydrogens is 244 g/mol. The number of hydrogen-bond acceptors (Lipinski definition) is 4. The maximum atomic E-state index is 11.9. The zero-order valence-electron chi connectivity index (χ0n) is 11.9. The third kappa shape index (κ3) is 3.56. The Morgan fingerprint density at radius 3 is 2.89 bits per heavy atom. The van der Waals surface area contributed by atoms with Crippen LogP contribution in [-0.4, -0.2) is 29.8 Å². The molecule has 1 aromatic rings. The molecule has 106 valence electrons. The molecule has 2 atom stereocenters. The Kier molecular flexibility index (Phi) is 4.58. The van der Waals surface area contributed by atoms with Gasteiger partial charge in [0.25, 0.3) is 0 Å². The topological polar surface area (TPSA) is 64.4 Å². The Labute approximate surface area is 113 Å². The number of hydrogen-bond donors (Lipinski definition) is 1. The maximum Gasteiger partial charge on any atom is 0.220 e. The zero-order chi connectivity index (χ0) is 13.8. The summed E-state index contributed by atoms with van der Waals surface area (Å²) in [5, 5.41) is 6.90. The van der Waals surface area contributed by atoms with Gasteiger partial charge in [0.15, 0.2) is 0 Å². The van der Waals surface area contributed by atoms with Gasteiger partial charge in [0.1, 0.15) is 5.76 Å². The normalized spacial score (nSPS) is 20.5. The molecule has 1 fully saturated rings. The van der Waals surface area contributed by atoms with Crippen LogP contribution < -0.4 is 5.32 Å². The lowest BCUT2D eigenvalue weighted by Gasteiger charge is -2.19. The summed E-state index contributed by atoms with van der Waals surface area (Å²) in [7, 11) is 0. The highest BCUT2D eigenvalue weighted by Gasteiger charge is 2.23. The molecule has 5 heteroatoms. The summed E-state index contributed by atoms with van der Waals surface area (Å²) >= 11 is 0. The van der Waals surface area contributed by atoms with Crippen LogP contribution in [0, 0.1) is 13.8 Å². The molecule has 1 aromatic heterocycles. The number of carbonyl (C=O) groups is 1. The lowest BCUT2D eigenvalue weighted by molar-refractivity contribution is -0.122. The molecule has 1 saturated heterocycles. The van der Waals surface area contributed by atoms with Crippen molar-refractivity contribution in [2.24, 2.45) is 0 Å². The minimum Gasteiger partial charge on any atom is -0.376 e. The first-order chi connectivity index (χ1) is 9.08. The third-order valence-electron chi connectivity index (χ3n) is 3.69. The van der Waals surface area contributed by atoms with Gasteiger partial charge in [-0.15, -0.1) is 0 Å². The van der Waals surface area contributed by atoms with E-state index < -0.39 is 0 Å². The summed E-state index contributed by atoms with van der Waals surface area (Å²) in [6.45, 7) is 6.59. The fourth-order valence-electron chi connectivity index (χ4n) is 2.51. The maximum absolute atomic E-state index is 11.9. The highest BCUT2D eigenvalue weighted by molar-refractivity contribution is 5.76. The molecule has 1 aliphatic heterocycles. The number of rotatable bonds is 5. The predicted molar refractivity (Wildman–Crippen MR) is 70.9 cm³/mol. The molecule has 0 aliphatic carbocycles. The zero-order valence-corrected chi connectivity index (χ0v) is 11.9. The van der Waals surface area contributed by atoms with Gasteiger partial charge in [-0.3, -0.25) is 4.79 Å². The monoisotopic (exact) mass is 266 g/mol. The van der Waals surface area contributed by atoms with E-state index >= 15 is 0 Å². The second-order valence-electron chi connectivity index (χ2n) is 5.21. The fraction of sp³-hybridized carbons (Fsp3) is 0.714. The SMILES string of the molecule is Cc1noc(C)c1CCC(=O)NC(C)C1CCCO1. The summed E-state index contributed by atoms with van der Waals surface area (Å²) in [5.41, 5.74) is 1.91. The van der Waals surface area contributed by atoms with Crippen molar-refractivity contribution in [2.45, 2.75) is 58.6 Å². The van der Waals surface area contributed by atoms with Crippen molar-refractivity contribution < 1.29 is 14.1 Å². The van der Waals surface area contributed by atoms with E-state index in [1.807, 2.05) is 20.8 Å². The standard InChI is InChI=1S/C14H22N2O3/c1-9-12(11(3)19-16-9)6-7-14(17)15-10(2)13-5-4-8-18-13/h10,13H,4-8H2,1-3H3,(H,15,17). The lowest BCUT2D eigenvalue weighted by Crippen LogP contribution is -2.40. The first kappa shape index (κ1) is 14.1. The summed E-state index contributed by atoms with van der Waals surface area (Å²) in [6, 6.07) is 0.0830. The fourth-order valence-corrected chi connectivity index (χ4v) is 2.51. The number of ether oxygens (including phenoxy) is 1. The first-order valence-electron chi connectivity index (χ1n) is 6.90. The number of carbonyl (C=O) groups excluding carboxylic acids is 1. The van der Waals surface area contributed by atoms with E-state index in [4.69, 9.17) is 9.26 Å². The largest absolute Gasteiger partial charge is 0.376 e. The summed E-state index contributed by atoms with van der Waals surface area (Å²) in [5.74, 6) is 0.862. The van der Waals surface area contributed by atoms with Crippen molar-refractivity contribution in [3.63, 3.8) is 0 Å². The van der Waals surface area contributed by atoms with Crippen molar-refractivity contribution in [2.75, 3.05) is 6.61 Å². The molecule has 5 nitrogen and oxygen atoms in total. The van der Waals surface area contributed by atoms with E-state index in [0.717, 1.165) is 36.5 Å². The van der Waals surface area contributed by atoms with Crippen LogP contribution in [0.15, 0.2) is 4.52 Å². The van der Waals surface area contributed by atoms with Crippen LogP contribution in [0.4, 0.5) is 0 Å². The van der Waals surface area contributed by atoms with E-state index in [2.05, 4.69) is 10.5 Å². The van der Waals surface area contributed by atoms with Crippen LogP contribution in [0.5, 0.6) is 0 Å². The number of amides is 1. The van der Waals surface area contributed by atoms with Gasteiger partial charge >= 0.3 is 0 Å². The van der Waals surface area contributed by atoms with Gasteiger partial charge in [0, 0.05) is 18.6 Å². The van der Waals surface area contributed by atoms with Crippen LogP contribution in [0.25, 0.3) is 0 Å². The lowest BCUT2D eigenvalue weighted by atomic mass is 10.1. The molecule has 0 bridgehead atoms. The summed E-state index contributed by atoms with van der Waals surface area (Å²) < 4.78 is 10.7. The Hall–Kier alpha value is -1.36. The third-order valence-corrected chi connectivity index (χ3v) is 3.69. The van der Waals surface area contributed by atoms with Crippen molar-refractivity contribution in [1.29, 1.82) is 0 Å². The van der Waals surface area contributed by atoms with E-state index in [1.54, 1.807) is 0 Å². The average Bonchev–Trinajstić information content (AvgIpc) is 2.98. The van der Waals surface area contributed by atoms with E-state index in [1.165, 1.54) is 0 Å². The Morgan fingerprint density at radius 2 is 2.32 bits per heavy atom. The van der Waals surface area contributed by atoms with Crippen LogP contribution in [0.3, 0.4) is 0 Å². The molecule has 1 N–H and O–H groups in total. The molecule has 19 heavy (non-hydrogen) atoms. The smallest absolute Gasteiger partial charge is 0.220 e. The van der Waals surface area contributed by atoms with Gasteiger partial charge in [-0.05, 0) is 40.0 Å². The molecule has 2 heterocycles. The van der Waals surface area contributed by atoms with Crippen molar-refractivity contribution in [1.82, 2.24) is 10.5 Å². The Bertz CT molecular complexity index is 416. The number of nitrogens with one attached hydrogen (secondary N) is 1. The van der Waals surface area contributed by atoms with E-state index in [9.17, 15) is 4.79 Å². The van der Waals surface area contributed by atoms with E-state index in [0.29, 0.717) is 12.8 Å². The van der Waals surface area contributed by atoms with Crippen molar-refractivity contribution in [3.05, 3.63) is 17.0 Å². The van der Waals surface area contributed by atoms with Gasteiger partial charge in [0.05, 0.1) is 17.8 Å². The second kappa shape index (κ2) is 6.19. The van der Waals surface area contributed by atoms with Gasteiger partial charge in [-0.25, -0.2) is 0 Å². The van der Waals surface area contributed by atoms with Crippen LogP contribution in [-0.2, 0) is 16.0 Å². The minimum absolute atomic E-state index is 0.0583. The number of aryl methyl sites for hydroxylation is 2. The molecule has 0 saturated carbocycles. The first-order valence-corrected chi connectivity index (χ1v) is 6.90. The Morgan fingerprint density at radius 1 is 1.53 bits per heavy atom. The van der Waals surface area contributed by atoms with Gasteiger partial charge in [0.2, 0.25) is 5.91 Å². The molecule has 1 amide bonds. The van der Waals surface area contributed by atoms with Crippen LogP contribution >= 0.6 is 0 Å². The van der Waals surface area contributed by atoms with Crippen LogP contribution in [0.1, 0.15) is 43.2 Å². The predicted octanol–water partition coefficient (Wildman–Crippen LogP) is 1.91. The van der Waals surface area contributed by atoms with Crippen LogP contribution in [0.2, 0.25) is 0 Å². The van der Waals surface area contributed by atoms with Gasteiger partial charge in [-0.1, -0.05) is 5.16 Å². The summed E-state index contributed by atoms with van der Waals surface area (Å²) in [6.07, 6.45) is 3.42. The molecule has 1 aliphatic rings. The highest BCUT2D eigenvalue weighted by Crippen LogP contribution is 2.16. The number of nitrogens with zero attached hydrogens (tertiary/aromatic N) is 1. The van der Waals surface area contributed by atoms with Crippen molar-refractivity contribution in [3.8, 4) is 0 Å².